The largest absolute Gasteiger partial charge is 0.479 e. The monoisotopic (exact) mass is 269 g/mol. The highest BCUT2D eigenvalue weighted by atomic mass is 16.7. The number of aliphatic carboxylic acids is 1. The van der Waals surface area contributed by atoms with Crippen molar-refractivity contribution in [2.45, 2.75) is 26.3 Å². The van der Waals surface area contributed by atoms with E-state index in [1.54, 1.807) is 0 Å². The Morgan fingerprint density at radius 3 is 2.84 bits per heavy atom. The van der Waals surface area contributed by atoms with Crippen LogP contribution in [0.25, 0.3) is 0 Å². The van der Waals surface area contributed by atoms with E-state index in [0.29, 0.717) is 6.54 Å². The van der Waals surface area contributed by atoms with Crippen LogP contribution >= 0.6 is 0 Å². The van der Waals surface area contributed by atoms with Crippen LogP contribution in [-0.2, 0) is 16.2 Å². The van der Waals surface area contributed by atoms with Crippen LogP contribution in [-0.4, -0.2) is 33.4 Å². The van der Waals surface area contributed by atoms with Crippen molar-refractivity contribution in [3.05, 3.63) is 28.2 Å². The Morgan fingerprint density at radius 2 is 2.21 bits per heavy atom. The smallest absolute Gasteiger partial charge is 0.332 e. The quantitative estimate of drug-likeness (QED) is 0.663. The molecular formula is C11H15N3O5. The fraction of sp³-hybridized carbons (Fsp3) is 0.455. The van der Waals surface area contributed by atoms with Gasteiger partial charge in [-0.05, 0) is 12.5 Å². The zero-order valence-electron chi connectivity index (χ0n) is 10.5. The lowest BCUT2D eigenvalue weighted by atomic mass is 10.3. The van der Waals surface area contributed by atoms with Crippen LogP contribution in [0.1, 0.15) is 30.3 Å². The van der Waals surface area contributed by atoms with E-state index >= 15 is 0 Å². The average molecular weight is 269 g/mol. The van der Waals surface area contributed by atoms with Gasteiger partial charge in [-0.2, -0.15) is 5.10 Å². The summed E-state index contributed by atoms with van der Waals surface area (Å²) in [7, 11) is 0. The molecule has 1 heterocycles. The summed E-state index contributed by atoms with van der Waals surface area (Å²) in [5, 5.41) is 12.2. The van der Waals surface area contributed by atoms with E-state index in [4.69, 9.17) is 5.11 Å². The number of hydroxylamine groups is 1. The maximum Gasteiger partial charge on any atom is 0.332 e. The van der Waals surface area contributed by atoms with Crippen LogP contribution in [0.5, 0.6) is 0 Å². The first kappa shape index (κ1) is 14.8. The molecule has 0 spiro atoms. The Kier molecular flexibility index (Phi) is 5.68. The fourth-order valence-electron chi connectivity index (χ4n) is 1.25. The molecule has 2 N–H and O–H groups in total. The van der Waals surface area contributed by atoms with Gasteiger partial charge in [-0.1, -0.05) is 13.3 Å². The molecule has 0 fully saturated rings. The second kappa shape index (κ2) is 7.27. The molecule has 0 aliphatic heterocycles. The Bertz CT molecular complexity index is 511. The summed E-state index contributed by atoms with van der Waals surface area (Å²) in [5.41, 5.74) is 1.63. The molecule has 0 unspecified atom stereocenters. The van der Waals surface area contributed by atoms with Crippen LogP contribution in [0.15, 0.2) is 16.9 Å². The second-order valence-corrected chi connectivity index (χ2v) is 3.75. The lowest BCUT2D eigenvalue weighted by molar-refractivity contribution is -0.144. The molecule has 8 heteroatoms. The molecule has 1 aromatic heterocycles. The van der Waals surface area contributed by atoms with Gasteiger partial charge in [-0.25, -0.2) is 15.0 Å². The number of rotatable bonds is 7. The molecule has 1 amide bonds. The van der Waals surface area contributed by atoms with Gasteiger partial charge in [0, 0.05) is 12.6 Å². The lowest BCUT2D eigenvalue weighted by Crippen LogP contribution is -2.31. The predicted octanol–water partition coefficient (Wildman–Crippen LogP) is -0.211. The van der Waals surface area contributed by atoms with E-state index in [2.05, 4.69) is 9.94 Å². The minimum atomic E-state index is -1.21. The molecular weight excluding hydrogens is 254 g/mol. The van der Waals surface area contributed by atoms with Crippen LogP contribution in [0.4, 0.5) is 0 Å². The maximum absolute atomic E-state index is 11.6. The summed E-state index contributed by atoms with van der Waals surface area (Å²) in [5.74, 6) is -1.91. The minimum absolute atomic E-state index is 0.0129. The number of nitrogens with zero attached hydrogens (tertiary/aromatic N) is 2. The number of carboxylic acids is 1. The van der Waals surface area contributed by atoms with Crippen molar-refractivity contribution in [3.8, 4) is 0 Å². The number of aromatic nitrogens is 2. The molecule has 8 nitrogen and oxygen atoms in total. The van der Waals surface area contributed by atoms with Crippen LogP contribution < -0.4 is 11.0 Å². The van der Waals surface area contributed by atoms with Gasteiger partial charge in [0.15, 0.2) is 12.3 Å². The molecule has 0 aromatic carbocycles. The van der Waals surface area contributed by atoms with Crippen LogP contribution in [0, 0.1) is 0 Å². The molecule has 1 rings (SSSR count). The summed E-state index contributed by atoms with van der Waals surface area (Å²) in [6.07, 6.45) is 1.67. The number of amides is 1. The van der Waals surface area contributed by atoms with Crippen molar-refractivity contribution in [1.82, 2.24) is 15.3 Å². The van der Waals surface area contributed by atoms with Crippen LogP contribution in [0.3, 0.4) is 0 Å². The number of nitrogens with one attached hydrogen (secondary N) is 1. The van der Waals surface area contributed by atoms with Crippen molar-refractivity contribution < 1.29 is 19.5 Å². The van der Waals surface area contributed by atoms with E-state index in [1.807, 2.05) is 12.4 Å². The Labute approximate surface area is 108 Å². The van der Waals surface area contributed by atoms with Crippen molar-refractivity contribution in [1.29, 1.82) is 0 Å². The van der Waals surface area contributed by atoms with Gasteiger partial charge < -0.3 is 5.11 Å². The average Bonchev–Trinajstić information content (AvgIpc) is 2.37. The highest BCUT2D eigenvalue weighted by molar-refractivity contribution is 5.91. The molecule has 19 heavy (non-hydrogen) atoms. The summed E-state index contributed by atoms with van der Waals surface area (Å²) in [6.45, 7) is 1.75. The van der Waals surface area contributed by atoms with Crippen LogP contribution in [0.2, 0.25) is 0 Å². The van der Waals surface area contributed by atoms with E-state index in [9.17, 15) is 14.4 Å². The van der Waals surface area contributed by atoms with Crippen molar-refractivity contribution >= 4 is 11.9 Å². The number of carboxylic acid groups (broad SMARTS) is 1. The summed E-state index contributed by atoms with van der Waals surface area (Å²) in [4.78, 5) is 37.7. The molecule has 0 aliphatic carbocycles. The number of carbonyl (C=O) groups excluding carboxylic acids is 1. The summed E-state index contributed by atoms with van der Waals surface area (Å²) >= 11 is 0. The van der Waals surface area contributed by atoms with Gasteiger partial charge in [0.25, 0.3) is 11.5 Å². The van der Waals surface area contributed by atoms with Crippen molar-refractivity contribution in [2.24, 2.45) is 0 Å². The number of carbonyl (C=O) groups is 2. The van der Waals surface area contributed by atoms with Gasteiger partial charge in [0.05, 0.1) is 0 Å². The molecule has 0 atom stereocenters. The molecule has 1 aromatic rings. The fourth-order valence-corrected chi connectivity index (χ4v) is 1.25. The van der Waals surface area contributed by atoms with E-state index in [1.165, 1.54) is 16.8 Å². The molecule has 0 aliphatic rings. The number of hydrogen-bond acceptors (Lipinski definition) is 5. The summed E-state index contributed by atoms with van der Waals surface area (Å²) < 4.78 is 1.19. The van der Waals surface area contributed by atoms with Gasteiger partial charge in [-0.3, -0.25) is 14.4 Å². The molecule has 0 radical (unpaired) electrons. The minimum Gasteiger partial charge on any atom is -0.479 e. The third-order valence-corrected chi connectivity index (χ3v) is 2.18. The lowest BCUT2D eigenvalue weighted by Gasteiger charge is -2.06. The Hall–Kier alpha value is -2.22. The first-order valence-corrected chi connectivity index (χ1v) is 5.76. The molecule has 104 valence electrons. The predicted molar refractivity (Wildman–Crippen MR) is 64.5 cm³/mol. The first-order valence-electron chi connectivity index (χ1n) is 5.76. The normalized spacial score (nSPS) is 10.2. The van der Waals surface area contributed by atoms with Gasteiger partial charge in [0.1, 0.15) is 0 Å². The SMILES string of the molecule is CCCCn1nc(C(=O)NOCC(=O)O)ccc1=O. The maximum atomic E-state index is 11.6. The van der Waals surface area contributed by atoms with Crippen molar-refractivity contribution in [3.63, 3.8) is 0 Å². The number of hydrogen-bond donors (Lipinski definition) is 2. The zero-order valence-corrected chi connectivity index (χ0v) is 10.5. The topological polar surface area (TPSA) is 111 Å². The molecule has 0 bridgehead atoms. The number of aryl methyl sites for hydroxylation is 1. The van der Waals surface area contributed by atoms with E-state index in [-0.39, 0.29) is 11.3 Å². The molecule has 0 saturated heterocycles. The van der Waals surface area contributed by atoms with E-state index in [0.717, 1.165) is 12.8 Å². The third-order valence-electron chi connectivity index (χ3n) is 2.18. The number of unbranched alkanes of at least 4 members (excludes halogenated alkanes) is 1. The highest BCUT2D eigenvalue weighted by Gasteiger charge is 2.10. The summed E-state index contributed by atoms with van der Waals surface area (Å²) in [6, 6.07) is 2.49. The zero-order chi connectivity index (χ0) is 14.3. The second-order valence-electron chi connectivity index (χ2n) is 3.75. The van der Waals surface area contributed by atoms with Crippen molar-refractivity contribution in [2.75, 3.05) is 6.61 Å². The van der Waals surface area contributed by atoms with Gasteiger partial charge in [-0.15, -0.1) is 0 Å². The Morgan fingerprint density at radius 1 is 1.47 bits per heavy atom. The third kappa shape index (κ3) is 4.88. The molecule has 0 saturated carbocycles. The Balaban J connectivity index is 2.69. The highest BCUT2D eigenvalue weighted by Crippen LogP contribution is 1.94. The standard InChI is InChI=1S/C11H15N3O5/c1-2-3-6-14-9(15)5-4-8(12-14)11(18)13-19-7-10(16)17/h4-5H,2-3,6-7H2,1H3,(H,13,18)(H,16,17). The van der Waals surface area contributed by atoms with Gasteiger partial charge >= 0.3 is 5.97 Å². The van der Waals surface area contributed by atoms with E-state index < -0.39 is 18.5 Å². The first-order chi connectivity index (χ1) is 9.04. The van der Waals surface area contributed by atoms with Gasteiger partial charge in [0.2, 0.25) is 0 Å².